The average Bonchev–Trinajstić information content (AvgIpc) is 3.65. The molecule has 0 atom stereocenters. The summed E-state index contributed by atoms with van der Waals surface area (Å²) in [7, 11) is 0. The first-order valence-electron chi connectivity index (χ1n) is 28.4. The van der Waals surface area contributed by atoms with Crippen LogP contribution in [0, 0.1) is 0 Å². The van der Waals surface area contributed by atoms with Crippen LogP contribution in [0.3, 0.4) is 0 Å². The molecule has 0 N–H and O–H groups in total. The molecule has 16 aromatic carbocycles. The van der Waals surface area contributed by atoms with Crippen LogP contribution in [0.15, 0.2) is 267 Å². The van der Waals surface area contributed by atoms with Crippen LogP contribution >= 0.6 is 0 Å². The van der Waals surface area contributed by atoms with Gasteiger partial charge >= 0.3 is 0 Å². The molecule has 16 aromatic rings. The van der Waals surface area contributed by atoms with Gasteiger partial charge in [0.05, 0.1) is 11.0 Å². The summed E-state index contributed by atoms with van der Waals surface area (Å²) >= 11 is 0. The first-order chi connectivity index (χ1) is 39.0. The maximum absolute atomic E-state index is 9.13. The molecule has 0 amide bonds. The largest absolute Gasteiger partial charge is 0.0629 e. The van der Waals surface area contributed by atoms with Gasteiger partial charge in [0.2, 0.25) is 0 Å². The summed E-state index contributed by atoms with van der Waals surface area (Å²) in [6.45, 7) is 0. The van der Waals surface area contributed by atoms with Gasteiger partial charge in [-0.05, 0) is 158 Å². The van der Waals surface area contributed by atoms with Crippen LogP contribution in [0.25, 0.3) is 152 Å². The predicted octanol–water partition coefficient (Wildman–Crippen LogP) is 20.4. The number of benzene rings is 16. The van der Waals surface area contributed by atoms with Crippen LogP contribution in [-0.4, -0.2) is 0 Å². The molecule has 0 radical (unpaired) electrons. The zero-order valence-electron chi connectivity index (χ0n) is 46.8. The molecule has 0 saturated carbocycles. The summed E-state index contributed by atoms with van der Waals surface area (Å²) in [4.78, 5) is 0. The summed E-state index contributed by atoms with van der Waals surface area (Å²) in [5.74, 6) is 0. The molecule has 0 fully saturated rings. The van der Waals surface area contributed by atoms with Crippen LogP contribution in [0.4, 0.5) is 0 Å². The van der Waals surface area contributed by atoms with Gasteiger partial charge in [-0.25, -0.2) is 0 Å². The predicted molar refractivity (Wildman–Crippen MR) is 312 cm³/mol. The summed E-state index contributed by atoms with van der Waals surface area (Å²) in [6.07, 6.45) is 0. The first-order valence-corrected chi connectivity index (χ1v) is 24.4. The molecular formula is C72H44. The van der Waals surface area contributed by atoms with Crippen LogP contribution in [0.1, 0.15) is 11.0 Å². The van der Waals surface area contributed by atoms with Crippen molar-refractivity contribution in [3.8, 4) is 44.5 Å². The van der Waals surface area contributed by atoms with E-state index in [0.717, 1.165) is 21.5 Å². The monoisotopic (exact) mass is 916 g/mol. The molecule has 0 aliphatic carbocycles. The fourth-order valence-corrected chi connectivity index (χ4v) is 11.8. The van der Waals surface area contributed by atoms with Gasteiger partial charge in [-0.2, -0.15) is 0 Å². The Bertz CT molecular complexity index is 4990. The lowest BCUT2D eigenvalue weighted by atomic mass is 9.84. The van der Waals surface area contributed by atoms with Gasteiger partial charge in [-0.15, -0.1) is 0 Å². The van der Waals surface area contributed by atoms with E-state index in [4.69, 9.17) is 11.0 Å². The lowest BCUT2D eigenvalue weighted by Crippen LogP contribution is -1.91. The van der Waals surface area contributed by atoms with Gasteiger partial charge in [0.25, 0.3) is 0 Å². The van der Waals surface area contributed by atoms with Gasteiger partial charge in [0.15, 0.2) is 0 Å². The number of hydrogen-bond acceptors (Lipinski definition) is 0. The minimum atomic E-state index is -0.404. The number of rotatable bonds is 4. The Kier molecular flexibility index (Phi) is 7.43. The average molecular weight is 917 g/mol. The Labute approximate surface area is 428 Å². The van der Waals surface area contributed by atoms with Crippen molar-refractivity contribution in [2.75, 3.05) is 0 Å². The Morgan fingerprint density at radius 2 is 0.583 bits per heavy atom. The van der Waals surface area contributed by atoms with Crippen molar-refractivity contribution in [3.63, 3.8) is 0 Å². The van der Waals surface area contributed by atoms with E-state index in [1.54, 1.807) is 0 Å². The van der Waals surface area contributed by atoms with Gasteiger partial charge in [-0.3, -0.25) is 0 Å². The molecule has 0 unspecified atom stereocenters. The topological polar surface area (TPSA) is 0 Å². The van der Waals surface area contributed by atoms with Gasteiger partial charge in [0.1, 0.15) is 0 Å². The highest BCUT2D eigenvalue weighted by Crippen LogP contribution is 2.46. The van der Waals surface area contributed by atoms with Gasteiger partial charge < -0.3 is 0 Å². The smallest absolute Gasteiger partial charge is 0.0616 e. The van der Waals surface area contributed by atoms with Crippen LogP contribution < -0.4 is 0 Å². The molecule has 16 rings (SSSR count). The van der Waals surface area contributed by atoms with Crippen molar-refractivity contribution in [1.82, 2.24) is 0 Å². The van der Waals surface area contributed by atoms with Crippen molar-refractivity contribution in [3.05, 3.63) is 267 Å². The lowest BCUT2D eigenvalue weighted by molar-refractivity contribution is 1.64. The molecular weight excluding hydrogens is 865 g/mol. The third kappa shape index (κ3) is 6.26. The van der Waals surface area contributed by atoms with E-state index >= 15 is 0 Å². The zero-order chi connectivity index (χ0) is 54.2. The lowest BCUT2D eigenvalue weighted by Gasteiger charge is -2.19. The Hall–Kier alpha value is -9.36. The molecule has 0 spiro atoms. The van der Waals surface area contributed by atoms with E-state index in [0.29, 0.717) is 22.3 Å². The second kappa shape index (κ2) is 16.1. The molecule has 0 bridgehead atoms. The summed E-state index contributed by atoms with van der Waals surface area (Å²) in [5.41, 5.74) is 7.03. The minimum Gasteiger partial charge on any atom is -0.0616 e. The normalized spacial score (nSPS) is 13.4. The van der Waals surface area contributed by atoms with Crippen molar-refractivity contribution >= 4 is 108 Å². The zero-order valence-corrected chi connectivity index (χ0v) is 38.8. The maximum Gasteiger partial charge on any atom is 0.0629 e. The third-order valence-corrected chi connectivity index (χ3v) is 15.0. The fraction of sp³-hybridized carbons (Fsp3) is 0. The molecule has 0 nitrogen and oxygen atoms in total. The van der Waals surface area contributed by atoms with E-state index in [9.17, 15) is 0 Å². The molecule has 0 aromatic heterocycles. The van der Waals surface area contributed by atoms with E-state index in [1.165, 1.54) is 86.9 Å². The first kappa shape index (κ1) is 33.2. The standard InChI is InChI=1S/C38H22.C34H22/c1-3-25-11-13-29-15-19-31(33-21-17-27(5-1)35(25)37(29)33)23-7-9-24(10-8-23)32-20-16-30-14-12-26-4-2-6-28-18-22-34(32)38(30)36(26)28;1-2-12-25-22-26(21-20-23(25)10-1)33-29-15-5-7-17-31(29)34(32-18-8-6-16-30(32)33)28-19-9-13-24-11-3-4-14-27(24)28/h1-22H;1-22H/i;5D,6D,7D,8D,15D,16D,17D,18D. The summed E-state index contributed by atoms with van der Waals surface area (Å²) < 4.78 is 70.9. The summed E-state index contributed by atoms with van der Waals surface area (Å²) in [6, 6.07) is 73.7. The van der Waals surface area contributed by atoms with E-state index in [2.05, 4.69) is 133 Å². The van der Waals surface area contributed by atoms with Crippen molar-refractivity contribution < 1.29 is 11.0 Å². The quantitative estimate of drug-likeness (QED) is 0.122. The summed E-state index contributed by atoms with van der Waals surface area (Å²) in [5, 5.41) is 20.4. The SMILES string of the molecule is [2H]c1c([2H])c([2H])c2c(-c3cccc4ccccc34)c3c([2H])c([2H])c([2H])c([2H])c3c(-c3ccc4ccccc4c3)c2c1[2H].c1cc2ccc3ccc(-c4ccc(-c5ccc6ccc7cccc8ccc5c6c78)cc4)c4ccc(c1)c2c34. The molecule has 332 valence electrons. The Balaban J connectivity index is 0.000000139. The fourth-order valence-electron chi connectivity index (χ4n) is 11.8. The minimum absolute atomic E-state index is 0.219. The van der Waals surface area contributed by atoms with E-state index < -0.39 is 24.2 Å². The molecule has 0 aliphatic heterocycles. The molecule has 72 heavy (non-hydrogen) atoms. The number of fused-ring (bicyclic) bond motifs is 4. The van der Waals surface area contributed by atoms with Crippen molar-refractivity contribution in [2.24, 2.45) is 0 Å². The number of hydrogen-bond donors (Lipinski definition) is 0. The van der Waals surface area contributed by atoms with Crippen molar-refractivity contribution in [1.29, 1.82) is 0 Å². The van der Waals surface area contributed by atoms with Crippen LogP contribution in [0.2, 0.25) is 0 Å². The molecule has 0 heterocycles. The molecule has 0 saturated heterocycles. The van der Waals surface area contributed by atoms with E-state index in [-0.39, 0.29) is 45.7 Å². The highest BCUT2D eigenvalue weighted by molar-refractivity contribution is 6.28. The maximum atomic E-state index is 9.13. The Morgan fingerprint density at radius 3 is 1.12 bits per heavy atom. The second-order valence-electron chi connectivity index (χ2n) is 18.9. The van der Waals surface area contributed by atoms with Crippen LogP contribution in [-0.2, 0) is 0 Å². The second-order valence-corrected chi connectivity index (χ2v) is 18.9. The molecule has 0 aliphatic rings. The third-order valence-electron chi connectivity index (χ3n) is 15.0. The molecule has 0 heteroatoms. The van der Waals surface area contributed by atoms with Crippen LogP contribution in [0.5, 0.6) is 0 Å². The Morgan fingerprint density at radius 1 is 0.208 bits per heavy atom. The van der Waals surface area contributed by atoms with E-state index in [1.807, 2.05) is 84.9 Å². The van der Waals surface area contributed by atoms with Gasteiger partial charge in [-0.1, -0.05) is 261 Å². The highest BCUT2D eigenvalue weighted by atomic mass is 14.2. The highest BCUT2D eigenvalue weighted by Gasteiger charge is 2.19. The van der Waals surface area contributed by atoms with Gasteiger partial charge in [0, 0.05) is 0 Å². The van der Waals surface area contributed by atoms with Crippen molar-refractivity contribution in [2.45, 2.75) is 0 Å².